The minimum atomic E-state index is -0.108. The van der Waals surface area contributed by atoms with Crippen molar-refractivity contribution < 1.29 is 9.32 Å². The van der Waals surface area contributed by atoms with Crippen LogP contribution in [0.2, 0.25) is 0 Å². The Labute approximate surface area is 150 Å². The molecular weight excluding hydrogens is 332 g/mol. The second kappa shape index (κ2) is 6.62. The number of aromatic nitrogens is 5. The van der Waals surface area contributed by atoms with E-state index in [0.29, 0.717) is 23.6 Å². The summed E-state index contributed by atoms with van der Waals surface area (Å²) in [4.78, 5) is 23.8. The number of nitrogens with zero attached hydrogens (tertiary/aromatic N) is 6. The third-order valence-electron chi connectivity index (χ3n) is 4.63. The fraction of sp³-hybridized carbons (Fsp3) is 0.333. The van der Waals surface area contributed by atoms with E-state index in [1.165, 1.54) is 12.4 Å². The van der Waals surface area contributed by atoms with Crippen molar-refractivity contribution >= 4 is 5.91 Å². The van der Waals surface area contributed by atoms with Crippen molar-refractivity contribution in [3.05, 3.63) is 53.6 Å². The molecule has 1 aliphatic rings. The molecule has 0 radical (unpaired) electrons. The van der Waals surface area contributed by atoms with Crippen LogP contribution in [0.4, 0.5) is 0 Å². The van der Waals surface area contributed by atoms with Gasteiger partial charge in [0, 0.05) is 6.54 Å². The molecule has 0 N–H and O–H groups in total. The molecule has 0 aliphatic carbocycles. The summed E-state index contributed by atoms with van der Waals surface area (Å²) in [5, 5.41) is 11.5. The average molecular weight is 350 g/mol. The lowest BCUT2D eigenvalue weighted by Gasteiger charge is -2.24. The Kier molecular flexibility index (Phi) is 4.16. The van der Waals surface area contributed by atoms with Crippen molar-refractivity contribution in [2.45, 2.75) is 32.7 Å². The van der Waals surface area contributed by atoms with Gasteiger partial charge in [-0.15, -0.1) is 0 Å². The maximum Gasteiger partial charge on any atom is 0.256 e. The quantitative estimate of drug-likeness (QED) is 0.716. The first kappa shape index (κ1) is 16.3. The molecule has 0 aromatic carbocycles. The Hall–Kier alpha value is -3.16. The molecule has 132 valence electrons. The number of carbonyl (C=O) groups is 1. The van der Waals surface area contributed by atoms with Gasteiger partial charge in [-0.3, -0.25) is 9.78 Å². The van der Waals surface area contributed by atoms with Gasteiger partial charge in [0.1, 0.15) is 5.76 Å². The lowest BCUT2D eigenvalue weighted by atomic mass is 10.1. The summed E-state index contributed by atoms with van der Waals surface area (Å²) < 4.78 is 5.24. The summed E-state index contributed by atoms with van der Waals surface area (Å²) in [6.07, 6.45) is 8.21. The van der Waals surface area contributed by atoms with Crippen molar-refractivity contribution in [1.82, 2.24) is 30.2 Å². The fourth-order valence-electron chi connectivity index (χ4n) is 3.41. The molecule has 0 saturated carbocycles. The van der Waals surface area contributed by atoms with Gasteiger partial charge in [0.2, 0.25) is 0 Å². The van der Waals surface area contributed by atoms with Gasteiger partial charge in [-0.25, -0.2) is 4.98 Å². The first-order valence-electron chi connectivity index (χ1n) is 8.48. The van der Waals surface area contributed by atoms with Gasteiger partial charge in [0.15, 0.2) is 0 Å². The number of carbonyl (C=O) groups excluding carboxylic acids is 1. The molecule has 1 atom stereocenters. The molecule has 1 saturated heterocycles. The normalized spacial score (nSPS) is 16.8. The van der Waals surface area contributed by atoms with Gasteiger partial charge in [0.25, 0.3) is 5.91 Å². The summed E-state index contributed by atoms with van der Waals surface area (Å²) >= 11 is 0. The van der Waals surface area contributed by atoms with Crippen LogP contribution in [0.3, 0.4) is 0 Å². The zero-order valence-electron chi connectivity index (χ0n) is 14.6. The van der Waals surface area contributed by atoms with E-state index in [1.54, 1.807) is 18.5 Å². The van der Waals surface area contributed by atoms with Gasteiger partial charge in [0.05, 0.1) is 59.0 Å². The summed E-state index contributed by atoms with van der Waals surface area (Å²) in [5.74, 6) is 0.642. The maximum absolute atomic E-state index is 12.8. The van der Waals surface area contributed by atoms with Crippen LogP contribution in [-0.4, -0.2) is 42.7 Å². The molecule has 1 aliphatic heterocycles. The third-order valence-corrected chi connectivity index (χ3v) is 4.63. The van der Waals surface area contributed by atoms with E-state index in [0.717, 1.165) is 29.8 Å². The third kappa shape index (κ3) is 2.83. The lowest BCUT2D eigenvalue weighted by Crippen LogP contribution is -2.31. The standard InChI is InChI=1S/C18H18N6O2/c1-11-17(12(2)26-23-11)15-10-19-9-14(22-15)16-4-3-7-24(16)18(25)13-5-6-20-21-8-13/h5-6,8-10,16H,3-4,7H2,1-2H3. The number of aryl methyl sites for hydroxylation is 2. The van der Waals surface area contributed by atoms with Crippen LogP contribution in [0.25, 0.3) is 11.3 Å². The van der Waals surface area contributed by atoms with Gasteiger partial charge in [-0.2, -0.15) is 10.2 Å². The van der Waals surface area contributed by atoms with Gasteiger partial charge < -0.3 is 9.42 Å². The predicted octanol–water partition coefficient (Wildman–Crippen LogP) is 2.52. The first-order valence-corrected chi connectivity index (χ1v) is 8.48. The predicted molar refractivity (Wildman–Crippen MR) is 92.0 cm³/mol. The molecule has 8 heteroatoms. The molecule has 0 bridgehead atoms. The Bertz CT molecular complexity index is 920. The molecule has 1 unspecified atom stereocenters. The Morgan fingerprint density at radius 1 is 1.23 bits per heavy atom. The molecule has 4 heterocycles. The highest BCUT2D eigenvalue weighted by Gasteiger charge is 2.32. The van der Waals surface area contributed by atoms with E-state index in [4.69, 9.17) is 9.51 Å². The second-order valence-corrected chi connectivity index (χ2v) is 6.32. The van der Waals surface area contributed by atoms with Crippen LogP contribution in [0.1, 0.15) is 46.4 Å². The van der Waals surface area contributed by atoms with E-state index in [1.807, 2.05) is 18.7 Å². The number of hydrogen-bond acceptors (Lipinski definition) is 7. The SMILES string of the molecule is Cc1noc(C)c1-c1cncc(C2CCCN2C(=O)c2ccnnc2)n1. The van der Waals surface area contributed by atoms with Crippen LogP contribution in [0.5, 0.6) is 0 Å². The molecular formula is C18H18N6O2. The zero-order chi connectivity index (χ0) is 18.1. The molecule has 1 amide bonds. The van der Waals surface area contributed by atoms with Crippen LogP contribution < -0.4 is 0 Å². The molecule has 3 aromatic heterocycles. The highest BCUT2D eigenvalue weighted by Crippen LogP contribution is 2.33. The number of amides is 1. The zero-order valence-corrected chi connectivity index (χ0v) is 14.6. The maximum atomic E-state index is 12.8. The van der Waals surface area contributed by atoms with Gasteiger partial charge in [-0.05, 0) is 32.8 Å². The highest BCUT2D eigenvalue weighted by atomic mass is 16.5. The van der Waals surface area contributed by atoms with E-state index < -0.39 is 0 Å². The molecule has 1 fully saturated rings. The summed E-state index contributed by atoms with van der Waals surface area (Å²) in [7, 11) is 0. The van der Waals surface area contributed by atoms with Gasteiger partial charge >= 0.3 is 0 Å². The van der Waals surface area contributed by atoms with Crippen molar-refractivity contribution in [2.24, 2.45) is 0 Å². The molecule has 26 heavy (non-hydrogen) atoms. The lowest BCUT2D eigenvalue weighted by molar-refractivity contribution is 0.0732. The minimum absolute atomic E-state index is 0.0630. The van der Waals surface area contributed by atoms with E-state index in [-0.39, 0.29) is 11.9 Å². The molecule has 3 aromatic rings. The minimum Gasteiger partial charge on any atom is -0.361 e. The van der Waals surface area contributed by atoms with Crippen molar-refractivity contribution in [3.63, 3.8) is 0 Å². The number of rotatable bonds is 3. The smallest absolute Gasteiger partial charge is 0.256 e. The first-order chi connectivity index (χ1) is 12.6. The van der Waals surface area contributed by atoms with Crippen LogP contribution in [0.15, 0.2) is 35.4 Å². The van der Waals surface area contributed by atoms with Crippen LogP contribution >= 0.6 is 0 Å². The Morgan fingerprint density at radius 2 is 2.12 bits per heavy atom. The molecule has 4 rings (SSSR count). The van der Waals surface area contributed by atoms with Crippen LogP contribution in [-0.2, 0) is 0 Å². The molecule has 0 spiro atoms. The molecule has 8 nitrogen and oxygen atoms in total. The monoisotopic (exact) mass is 350 g/mol. The summed E-state index contributed by atoms with van der Waals surface area (Å²) in [6, 6.07) is 1.57. The van der Waals surface area contributed by atoms with E-state index in [9.17, 15) is 4.79 Å². The van der Waals surface area contributed by atoms with Crippen molar-refractivity contribution in [1.29, 1.82) is 0 Å². The van der Waals surface area contributed by atoms with Crippen LogP contribution in [0, 0.1) is 13.8 Å². The van der Waals surface area contributed by atoms with Crippen molar-refractivity contribution in [3.8, 4) is 11.3 Å². The van der Waals surface area contributed by atoms with Gasteiger partial charge in [-0.1, -0.05) is 5.16 Å². The van der Waals surface area contributed by atoms with E-state index in [2.05, 4.69) is 20.3 Å². The Balaban J connectivity index is 1.67. The number of likely N-dealkylation sites (tertiary alicyclic amines) is 1. The van der Waals surface area contributed by atoms with E-state index >= 15 is 0 Å². The fourth-order valence-corrected chi connectivity index (χ4v) is 3.41. The average Bonchev–Trinajstić information content (AvgIpc) is 3.29. The number of hydrogen-bond donors (Lipinski definition) is 0. The Morgan fingerprint density at radius 3 is 2.85 bits per heavy atom. The summed E-state index contributed by atoms with van der Waals surface area (Å²) in [6.45, 7) is 4.41. The van der Waals surface area contributed by atoms with Crippen molar-refractivity contribution in [2.75, 3.05) is 6.54 Å². The largest absolute Gasteiger partial charge is 0.361 e. The summed E-state index contributed by atoms with van der Waals surface area (Å²) in [5.41, 5.74) is 3.64. The topological polar surface area (TPSA) is 97.9 Å². The second-order valence-electron chi connectivity index (χ2n) is 6.32. The highest BCUT2D eigenvalue weighted by molar-refractivity contribution is 5.94.